The highest BCUT2D eigenvalue weighted by Gasteiger charge is 2.53. The van der Waals surface area contributed by atoms with Gasteiger partial charge in [-0.05, 0) is 98.8 Å². The van der Waals surface area contributed by atoms with E-state index < -0.39 is 10.0 Å². The molecule has 0 aromatic heterocycles. The minimum atomic E-state index is -3.57. The van der Waals surface area contributed by atoms with Gasteiger partial charge in [0.25, 0.3) is 0 Å². The maximum absolute atomic E-state index is 13.2. The second-order valence-corrected chi connectivity index (χ2v) is 11.5. The van der Waals surface area contributed by atoms with Crippen molar-refractivity contribution in [3.63, 3.8) is 0 Å². The van der Waals surface area contributed by atoms with Crippen molar-refractivity contribution >= 4 is 21.6 Å². The minimum absolute atomic E-state index is 0.00270. The predicted molar refractivity (Wildman–Crippen MR) is 109 cm³/mol. The standard InChI is InChI=1S/C22H30N2O3S/c1-14(22-11-16-7-17(12-22)9-18(8-16)13-22)23-28(26,27)20-3-4-21-19(10-20)5-6-24(21)15(2)25/h3-4,10,14,16-18,23H,5-9,11-13H2,1-2H3. The van der Waals surface area contributed by atoms with Crippen molar-refractivity contribution in [3.8, 4) is 0 Å². The van der Waals surface area contributed by atoms with Gasteiger partial charge < -0.3 is 4.90 Å². The first-order chi connectivity index (χ1) is 13.3. The van der Waals surface area contributed by atoms with Crippen LogP contribution in [0.5, 0.6) is 0 Å². The summed E-state index contributed by atoms with van der Waals surface area (Å²) >= 11 is 0. The third kappa shape index (κ3) is 2.91. The molecule has 0 radical (unpaired) electrons. The number of fused-ring (bicyclic) bond motifs is 1. The fourth-order valence-corrected chi connectivity index (χ4v) is 8.40. The van der Waals surface area contributed by atoms with E-state index in [1.807, 2.05) is 0 Å². The zero-order valence-electron chi connectivity index (χ0n) is 16.8. The number of hydrogen-bond acceptors (Lipinski definition) is 3. The average Bonchev–Trinajstić information content (AvgIpc) is 3.03. The van der Waals surface area contributed by atoms with Crippen molar-refractivity contribution in [1.29, 1.82) is 0 Å². The minimum Gasteiger partial charge on any atom is -0.312 e. The van der Waals surface area contributed by atoms with Crippen LogP contribution in [0.15, 0.2) is 23.1 Å². The van der Waals surface area contributed by atoms with E-state index in [4.69, 9.17) is 0 Å². The van der Waals surface area contributed by atoms with Crippen LogP contribution in [0.1, 0.15) is 57.9 Å². The summed E-state index contributed by atoms with van der Waals surface area (Å²) in [6, 6.07) is 5.16. The summed E-state index contributed by atoms with van der Waals surface area (Å²) in [4.78, 5) is 13.8. The molecule has 0 saturated heterocycles. The highest BCUT2D eigenvalue weighted by atomic mass is 32.2. The number of benzene rings is 1. The van der Waals surface area contributed by atoms with Gasteiger partial charge in [0.15, 0.2) is 0 Å². The number of carbonyl (C=O) groups is 1. The van der Waals surface area contributed by atoms with E-state index in [1.165, 1.54) is 38.5 Å². The fraction of sp³-hybridized carbons (Fsp3) is 0.682. The molecule has 1 N–H and O–H groups in total. The lowest BCUT2D eigenvalue weighted by Crippen LogP contribution is -2.55. The molecule has 0 spiro atoms. The van der Waals surface area contributed by atoms with Gasteiger partial charge in [0, 0.05) is 25.2 Å². The summed E-state index contributed by atoms with van der Waals surface area (Å²) < 4.78 is 29.4. The van der Waals surface area contributed by atoms with Gasteiger partial charge in [-0.2, -0.15) is 0 Å². The number of amides is 1. The van der Waals surface area contributed by atoms with Gasteiger partial charge in [0.1, 0.15) is 0 Å². The molecule has 6 rings (SSSR count). The normalized spacial score (nSPS) is 34.5. The lowest BCUT2D eigenvalue weighted by atomic mass is 9.48. The molecule has 4 saturated carbocycles. The van der Waals surface area contributed by atoms with Crippen LogP contribution in [0.2, 0.25) is 0 Å². The maximum atomic E-state index is 13.2. The Kier molecular flexibility index (Phi) is 4.19. The first kappa shape index (κ1) is 18.6. The third-order valence-corrected chi connectivity index (χ3v) is 9.51. The average molecular weight is 403 g/mol. The number of rotatable bonds is 4. The van der Waals surface area contributed by atoms with Crippen LogP contribution in [0.3, 0.4) is 0 Å². The summed E-state index contributed by atoms with van der Waals surface area (Å²) in [6.07, 6.45) is 8.33. The first-order valence-electron chi connectivity index (χ1n) is 10.7. The molecular weight excluding hydrogens is 372 g/mol. The Bertz CT molecular complexity index is 888. The SMILES string of the molecule is CC(=O)N1CCc2cc(S(=O)(=O)NC(C)C34CC5CC(CC(C5)C3)C4)ccc21. The quantitative estimate of drug-likeness (QED) is 0.838. The molecule has 1 aliphatic heterocycles. The molecule has 152 valence electrons. The van der Waals surface area contributed by atoms with Crippen molar-refractivity contribution in [2.45, 2.75) is 69.7 Å². The summed E-state index contributed by atoms with van der Waals surface area (Å²) in [6.45, 7) is 4.26. The van der Waals surface area contributed by atoms with Gasteiger partial charge in [-0.25, -0.2) is 13.1 Å². The van der Waals surface area contributed by atoms with Gasteiger partial charge in [0.2, 0.25) is 15.9 Å². The second kappa shape index (κ2) is 6.30. The molecule has 4 fully saturated rings. The summed E-state index contributed by atoms with van der Waals surface area (Å²) in [5.74, 6) is 2.41. The number of carbonyl (C=O) groups excluding carboxylic acids is 1. The van der Waals surface area contributed by atoms with Crippen molar-refractivity contribution < 1.29 is 13.2 Å². The van der Waals surface area contributed by atoms with Crippen LogP contribution in [0.4, 0.5) is 5.69 Å². The molecule has 4 aliphatic carbocycles. The van der Waals surface area contributed by atoms with Crippen molar-refractivity contribution in [2.24, 2.45) is 23.2 Å². The van der Waals surface area contributed by atoms with E-state index in [2.05, 4.69) is 11.6 Å². The number of hydrogen-bond donors (Lipinski definition) is 1. The van der Waals surface area contributed by atoms with Crippen LogP contribution in [-0.4, -0.2) is 26.9 Å². The van der Waals surface area contributed by atoms with E-state index >= 15 is 0 Å². The largest absolute Gasteiger partial charge is 0.312 e. The van der Waals surface area contributed by atoms with Crippen LogP contribution < -0.4 is 9.62 Å². The zero-order chi connectivity index (χ0) is 19.7. The van der Waals surface area contributed by atoms with Crippen molar-refractivity contribution in [3.05, 3.63) is 23.8 Å². The highest BCUT2D eigenvalue weighted by molar-refractivity contribution is 7.89. The van der Waals surface area contributed by atoms with Crippen molar-refractivity contribution in [1.82, 2.24) is 4.72 Å². The smallest absolute Gasteiger partial charge is 0.240 e. The molecular formula is C22H30N2O3S. The van der Waals surface area contributed by atoms with Gasteiger partial charge in [-0.3, -0.25) is 4.79 Å². The molecule has 5 nitrogen and oxygen atoms in total. The van der Waals surface area contributed by atoms with Crippen LogP contribution in [0, 0.1) is 23.2 Å². The number of nitrogens with one attached hydrogen (secondary N) is 1. The molecule has 5 aliphatic rings. The van der Waals surface area contributed by atoms with E-state index in [-0.39, 0.29) is 17.4 Å². The molecule has 4 bridgehead atoms. The zero-order valence-corrected chi connectivity index (χ0v) is 17.6. The second-order valence-electron chi connectivity index (χ2n) is 9.83. The Hall–Kier alpha value is -1.40. The summed E-state index contributed by atoms with van der Waals surface area (Å²) in [7, 11) is -3.57. The Balaban J connectivity index is 1.37. The number of nitrogens with zero attached hydrogens (tertiary/aromatic N) is 1. The lowest BCUT2D eigenvalue weighted by molar-refractivity contribution is -0.116. The van der Waals surface area contributed by atoms with Gasteiger partial charge >= 0.3 is 0 Å². The number of sulfonamides is 1. The first-order valence-corrected chi connectivity index (χ1v) is 12.2. The van der Waals surface area contributed by atoms with Gasteiger partial charge in [0.05, 0.1) is 4.90 Å². The topological polar surface area (TPSA) is 66.5 Å². The molecule has 1 aromatic rings. The summed E-state index contributed by atoms with van der Waals surface area (Å²) in [5.41, 5.74) is 1.94. The molecule has 1 unspecified atom stereocenters. The summed E-state index contributed by atoms with van der Waals surface area (Å²) in [5, 5.41) is 0. The van der Waals surface area contributed by atoms with E-state index in [9.17, 15) is 13.2 Å². The highest BCUT2D eigenvalue weighted by Crippen LogP contribution is 2.61. The Morgan fingerprint density at radius 2 is 1.75 bits per heavy atom. The van der Waals surface area contributed by atoms with Crippen LogP contribution in [-0.2, 0) is 21.2 Å². The molecule has 1 heterocycles. The molecule has 1 amide bonds. The molecule has 1 aromatic carbocycles. The van der Waals surface area contributed by atoms with Crippen LogP contribution in [0.25, 0.3) is 0 Å². The van der Waals surface area contributed by atoms with Crippen LogP contribution >= 0.6 is 0 Å². The molecule has 1 atom stereocenters. The van der Waals surface area contributed by atoms with Gasteiger partial charge in [-0.15, -0.1) is 0 Å². The monoisotopic (exact) mass is 402 g/mol. The van der Waals surface area contributed by atoms with E-state index in [1.54, 1.807) is 30.0 Å². The van der Waals surface area contributed by atoms with Crippen molar-refractivity contribution in [2.75, 3.05) is 11.4 Å². The molecule has 6 heteroatoms. The third-order valence-electron chi connectivity index (χ3n) is 7.97. The Morgan fingerprint density at radius 1 is 1.14 bits per heavy atom. The maximum Gasteiger partial charge on any atom is 0.240 e. The fourth-order valence-electron chi connectivity index (χ4n) is 7.01. The number of anilines is 1. The van der Waals surface area contributed by atoms with E-state index in [0.29, 0.717) is 17.9 Å². The van der Waals surface area contributed by atoms with Gasteiger partial charge in [-0.1, -0.05) is 0 Å². The predicted octanol–water partition coefficient (Wildman–Crippen LogP) is 3.48. The Labute approximate surface area is 167 Å². The Morgan fingerprint density at radius 3 is 2.32 bits per heavy atom. The van der Waals surface area contributed by atoms with E-state index in [0.717, 1.165) is 29.0 Å². The lowest BCUT2D eigenvalue weighted by Gasteiger charge is -2.59. The molecule has 28 heavy (non-hydrogen) atoms.